The molecular weight excluding hydrogens is 308 g/mol. The minimum absolute atomic E-state index is 0.376. The number of aryl methyl sites for hydroxylation is 2. The summed E-state index contributed by atoms with van der Waals surface area (Å²) in [4.78, 5) is 8.86. The smallest absolute Gasteiger partial charge is 0.191 e. The van der Waals surface area contributed by atoms with Crippen LogP contribution in [0.4, 0.5) is 0 Å². The first kappa shape index (κ1) is 19.0. The lowest BCUT2D eigenvalue weighted by atomic mass is 10.1. The predicted octanol–water partition coefficient (Wildman–Crippen LogP) is 3.51. The third-order valence-corrected chi connectivity index (χ3v) is 4.22. The largest absolute Gasteiger partial charge is 0.357 e. The lowest BCUT2D eigenvalue weighted by Crippen LogP contribution is -2.42. The first-order chi connectivity index (χ1) is 12.2. The molecule has 1 unspecified atom stereocenters. The van der Waals surface area contributed by atoms with E-state index in [0.29, 0.717) is 6.04 Å². The third-order valence-electron chi connectivity index (χ3n) is 4.22. The number of benzene rings is 1. The highest BCUT2D eigenvalue weighted by Crippen LogP contribution is 2.06. The van der Waals surface area contributed by atoms with E-state index >= 15 is 0 Å². The van der Waals surface area contributed by atoms with Crippen LogP contribution in [0.3, 0.4) is 0 Å². The molecule has 2 N–H and O–H groups in total. The van der Waals surface area contributed by atoms with Crippen LogP contribution >= 0.6 is 0 Å². The predicted molar refractivity (Wildman–Crippen MR) is 106 cm³/mol. The quantitative estimate of drug-likeness (QED) is 0.572. The van der Waals surface area contributed by atoms with Gasteiger partial charge in [0.05, 0.1) is 0 Å². The van der Waals surface area contributed by atoms with Crippen molar-refractivity contribution in [2.45, 2.75) is 46.1 Å². The van der Waals surface area contributed by atoms with E-state index in [1.54, 1.807) is 0 Å². The van der Waals surface area contributed by atoms with Gasteiger partial charge in [-0.25, -0.2) is 0 Å². The third kappa shape index (κ3) is 6.96. The highest BCUT2D eigenvalue weighted by atomic mass is 15.2. The Morgan fingerprint density at radius 3 is 2.68 bits per heavy atom. The van der Waals surface area contributed by atoms with Crippen molar-refractivity contribution < 1.29 is 0 Å². The maximum atomic E-state index is 4.72. The van der Waals surface area contributed by atoms with Crippen molar-refractivity contribution in [1.29, 1.82) is 0 Å². The van der Waals surface area contributed by atoms with E-state index in [2.05, 4.69) is 72.8 Å². The molecule has 0 amide bonds. The van der Waals surface area contributed by atoms with Gasteiger partial charge in [0.1, 0.15) is 0 Å². The van der Waals surface area contributed by atoms with Crippen molar-refractivity contribution in [3.05, 3.63) is 65.5 Å². The lowest BCUT2D eigenvalue weighted by Gasteiger charge is -2.18. The molecule has 0 saturated carbocycles. The summed E-state index contributed by atoms with van der Waals surface area (Å²) in [5.74, 6) is 0.898. The highest BCUT2D eigenvalue weighted by Gasteiger charge is 2.06. The topological polar surface area (TPSA) is 49.3 Å². The minimum atomic E-state index is 0.376. The Morgan fingerprint density at radius 2 is 1.96 bits per heavy atom. The number of nitrogens with zero attached hydrogens (tertiary/aromatic N) is 2. The molecule has 0 aliphatic carbocycles. The zero-order chi connectivity index (χ0) is 17.9. The van der Waals surface area contributed by atoms with E-state index in [0.717, 1.165) is 38.3 Å². The first-order valence-corrected chi connectivity index (χ1v) is 9.17. The number of hydrogen-bond donors (Lipinski definition) is 2. The Morgan fingerprint density at radius 1 is 1.16 bits per heavy atom. The van der Waals surface area contributed by atoms with Crippen LogP contribution in [0.15, 0.2) is 53.8 Å². The van der Waals surface area contributed by atoms with Gasteiger partial charge in [-0.15, -0.1) is 0 Å². The Balaban J connectivity index is 1.83. The zero-order valence-corrected chi connectivity index (χ0v) is 15.6. The molecule has 2 aromatic rings. The van der Waals surface area contributed by atoms with Crippen molar-refractivity contribution in [3.63, 3.8) is 0 Å². The molecule has 0 spiro atoms. The van der Waals surface area contributed by atoms with Crippen molar-refractivity contribution in [2.24, 2.45) is 4.99 Å². The molecule has 2 rings (SSSR count). The molecular formula is C21H30N4. The van der Waals surface area contributed by atoms with Crippen LogP contribution < -0.4 is 10.6 Å². The van der Waals surface area contributed by atoms with Gasteiger partial charge in [0.15, 0.2) is 5.96 Å². The summed E-state index contributed by atoms with van der Waals surface area (Å²) >= 11 is 0. The van der Waals surface area contributed by atoms with Crippen LogP contribution in [0.1, 0.15) is 37.0 Å². The fourth-order valence-electron chi connectivity index (χ4n) is 2.72. The minimum Gasteiger partial charge on any atom is -0.357 e. The summed E-state index contributed by atoms with van der Waals surface area (Å²) in [6, 6.07) is 13.1. The summed E-state index contributed by atoms with van der Waals surface area (Å²) in [5, 5.41) is 6.85. The normalized spacial score (nSPS) is 12.7. The van der Waals surface area contributed by atoms with Gasteiger partial charge in [0.2, 0.25) is 0 Å². The van der Waals surface area contributed by atoms with Crippen LogP contribution in [0.25, 0.3) is 0 Å². The number of rotatable bonds is 8. The second-order valence-electron chi connectivity index (χ2n) is 6.38. The molecule has 4 nitrogen and oxygen atoms in total. The summed E-state index contributed by atoms with van der Waals surface area (Å²) in [5.41, 5.74) is 3.92. The van der Waals surface area contributed by atoms with E-state index in [1.807, 2.05) is 12.4 Å². The Kier molecular flexibility index (Phi) is 7.96. The van der Waals surface area contributed by atoms with Crippen LogP contribution in [0.2, 0.25) is 0 Å². The van der Waals surface area contributed by atoms with Crippen molar-refractivity contribution in [3.8, 4) is 0 Å². The van der Waals surface area contributed by atoms with E-state index in [4.69, 9.17) is 4.99 Å². The molecule has 0 aliphatic rings. The van der Waals surface area contributed by atoms with Gasteiger partial charge in [-0.05, 0) is 62.8 Å². The van der Waals surface area contributed by atoms with E-state index in [9.17, 15) is 0 Å². The Hall–Kier alpha value is -2.36. The second kappa shape index (κ2) is 10.5. The van der Waals surface area contributed by atoms with Gasteiger partial charge in [-0.2, -0.15) is 0 Å². The molecule has 0 aliphatic heterocycles. The first-order valence-electron chi connectivity index (χ1n) is 9.17. The molecule has 25 heavy (non-hydrogen) atoms. The van der Waals surface area contributed by atoms with Crippen molar-refractivity contribution in [2.75, 3.05) is 13.1 Å². The van der Waals surface area contributed by atoms with Crippen LogP contribution in [-0.2, 0) is 12.8 Å². The summed E-state index contributed by atoms with van der Waals surface area (Å²) < 4.78 is 0. The van der Waals surface area contributed by atoms with Crippen molar-refractivity contribution >= 4 is 5.96 Å². The van der Waals surface area contributed by atoms with Crippen LogP contribution in [0.5, 0.6) is 0 Å². The molecule has 1 atom stereocenters. The average Bonchev–Trinajstić information content (AvgIpc) is 2.62. The van der Waals surface area contributed by atoms with Gasteiger partial charge in [0, 0.05) is 31.5 Å². The van der Waals surface area contributed by atoms with Gasteiger partial charge in [0.25, 0.3) is 0 Å². The fourth-order valence-corrected chi connectivity index (χ4v) is 2.72. The number of aliphatic imine (C=N–C) groups is 1. The van der Waals surface area contributed by atoms with Gasteiger partial charge >= 0.3 is 0 Å². The number of guanidine groups is 1. The maximum Gasteiger partial charge on any atom is 0.191 e. The SMILES string of the molecule is CCNC(=NCCc1ccncc1C)NC(C)CCc1ccccc1. The molecule has 1 aromatic heterocycles. The summed E-state index contributed by atoms with van der Waals surface area (Å²) in [6.07, 6.45) is 6.85. The van der Waals surface area contributed by atoms with Gasteiger partial charge in [-0.3, -0.25) is 9.98 Å². The van der Waals surface area contributed by atoms with E-state index in [1.165, 1.54) is 16.7 Å². The summed E-state index contributed by atoms with van der Waals surface area (Å²) in [6.45, 7) is 8.04. The molecule has 4 heteroatoms. The molecule has 1 heterocycles. The Bertz CT molecular complexity index is 652. The standard InChI is InChI=1S/C21H30N4/c1-4-23-21(24-15-13-20-12-14-22-16-17(20)2)25-18(3)10-11-19-8-6-5-7-9-19/h5-9,12,14,16,18H,4,10-11,13,15H2,1-3H3,(H2,23,24,25). The second-order valence-corrected chi connectivity index (χ2v) is 6.38. The Labute approximate surface area is 151 Å². The summed E-state index contributed by atoms with van der Waals surface area (Å²) in [7, 11) is 0. The van der Waals surface area contributed by atoms with Gasteiger partial charge < -0.3 is 10.6 Å². The molecule has 134 valence electrons. The number of pyridine rings is 1. The molecule has 0 bridgehead atoms. The van der Waals surface area contributed by atoms with Crippen LogP contribution in [0, 0.1) is 6.92 Å². The number of nitrogens with one attached hydrogen (secondary N) is 2. The van der Waals surface area contributed by atoms with E-state index < -0.39 is 0 Å². The monoisotopic (exact) mass is 338 g/mol. The van der Waals surface area contributed by atoms with E-state index in [-0.39, 0.29) is 0 Å². The zero-order valence-electron chi connectivity index (χ0n) is 15.6. The molecule has 0 fully saturated rings. The number of hydrogen-bond acceptors (Lipinski definition) is 2. The lowest BCUT2D eigenvalue weighted by molar-refractivity contribution is 0.593. The highest BCUT2D eigenvalue weighted by molar-refractivity contribution is 5.80. The maximum absolute atomic E-state index is 4.72. The molecule has 0 saturated heterocycles. The molecule has 0 radical (unpaired) electrons. The van der Waals surface area contributed by atoms with Crippen LogP contribution in [-0.4, -0.2) is 30.1 Å². The van der Waals surface area contributed by atoms with Crippen molar-refractivity contribution in [1.82, 2.24) is 15.6 Å². The molecule has 1 aromatic carbocycles. The van der Waals surface area contributed by atoms with Gasteiger partial charge in [-0.1, -0.05) is 30.3 Å². The fraction of sp³-hybridized carbons (Fsp3) is 0.429. The average molecular weight is 338 g/mol. The number of aromatic nitrogens is 1.